The lowest BCUT2D eigenvalue weighted by Gasteiger charge is -2.10. The molecule has 2 nitrogen and oxygen atoms in total. The Bertz CT molecular complexity index is 357. The minimum absolute atomic E-state index is 0.0978. The molecule has 3 heteroatoms. The number of hydrogen-bond donors (Lipinski definition) is 1. The number of carbonyl (C=O) groups excluding carboxylic acids is 1. The molecule has 1 aromatic carbocycles. The van der Waals surface area contributed by atoms with Crippen LogP contribution in [0.15, 0.2) is 40.0 Å². The maximum atomic E-state index is 11.9. The van der Waals surface area contributed by atoms with Gasteiger partial charge in [0, 0.05) is 11.1 Å². The summed E-state index contributed by atoms with van der Waals surface area (Å²) in [6.45, 7) is 1.85. The number of aliphatic hydroxyl groups excluding tert-OH is 1. The first-order chi connectivity index (χ1) is 7.20. The third kappa shape index (κ3) is 3.14. The van der Waals surface area contributed by atoms with Crippen molar-refractivity contribution in [2.24, 2.45) is 0 Å². The normalized spacial score (nSPS) is 13.7. The minimum Gasteiger partial charge on any atom is -0.388 e. The summed E-state index contributed by atoms with van der Waals surface area (Å²) in [6.07, 6.45) is -0.123. The molecule has 0 heterocycles. The molecule has 1 N–H and O–H groups in total. The summed E-state index contributed by atoms with van der Waals surface area (Å²) in [6, 6.07) is 9.00. The van der Waals surface area contributed by atoms with Crippen LogP contribution in [0.25, 0.3) is 0 Å². The van der Waals surface area contributed by atoms with Crippen molar-refractivity contribution in [1.82, 2.24) is 0 Å². The lowest BCUT2D eigenvalue weighted by molar-refractivity contribution is 0.0986. The number of halogens is 1. The van der Waals surface area contributed by atoms with Gasteiger partial charge in [-0.3, -0.25) is 4.79 Å². The average Bonchev–Trinajstić information content (AvgIpc) is 2.30. The van der Waals surface area contributed by atoms with E-state index < -0.39 is 6.10 Å². The van der Waals surface area contributed by atoms with Crippen molar-refractivity contribution >= 4 is 28.4 Å². The highest BCUT2D eigenvalue weighted by Gasteiger charge is 2.17. The van der Waals surface area contributed by atoms with Crippen LogP contribution >= 0.6 is 22.6 Å². The summed E-state index contributed by atoms with van der Waals surface area (Å²) < 4.78 is 1.65. The molecule has 0 saturated heterocycles. The standard InChI is InChI=1S/C12H13IO2/c1-2-11(14)10(8-13)12(15)9-6-4-3-5-7-9/h3-8,11,14H,2H2,1H3/b10-8+/t11-/m0/s1. The summed E-state index contributed by atoms with van der Waals surface area (Å²) in [5, 5.41) is 9.66. The molecular formula is C12H13IO2. The van der Waals surface area contributed by atoms with E-state index in [4.69, 9.17) is 0 Å². The molecule has 0 aromatic heterocycles. The first-order valence-corrected chi connectivity index (χ1v) is 6.03. The second-order valence-corrected chi connectivity index (χ2v) is 3.81. The van der Waals surface area contributed by atoms with Gasteiger partial charge in [-0.15, -0.1) is 0 Å². The number of Topliss-reactive ketones (excluding diaryl/α,β-unsaturated/α-hetero) is 1. The highest BCUT2D eigenvalue weighted by Crippen LogP contribution is 2.15. The largest absolute Gasteiger partial charge is 0.388 e. The molecule has 0 radical (unpaired) electrons. The van der Waals surface area contributed by atoms with Crippen molar-refractivity contribution in [3.05, 3.63) is 45.6 Å². The fraction of sp³-hybridized carbons (Fsp3) is 0.250. The molecule has 0 amide bonds. The van der Waals surface area contributed by atoms with Gasteiger partial charge < -0.3 is 5.11 Å². The van der Waals surface area contributed by atoms with E-state index >= 15 is 0 Å². The molecule has 0 fully saturated rings. The van der Waals surface area contributed by atoms with E-state index in [-0.39, 0.29) is 5.78 Å². The second kappa shape index (κ2) is 6.02. The summed E-state index contributed by atoms with van der Waals surface area (Å²) in [5.41, 5.74) is 1.08. The van der Waals surface area contributed by atoms with E-state index in [1.807, 2.05) is 47.7 Å². The number of benzene rings is 1. The van der Waals surface area contributed by atoms with E-state index in [0.717, 1.165) is 0 Å². The third-order valence-electron chi connectivity index (χ3n) is 2.16. The zero-order chi connectivity index (χ0) is 11.3. The summed E-state index contributed by atoms with van der Waals surface area (Å²) in [4.78, 5) is 11.9. The summed E-state index contributed by atoms with van der Waals surface area (Å²) in [5.74, 6) is -0.0978. The Morgan fingerprint density at radius 1 is 1.47 bits per heavy atom. The monoisotopic (exact) mass is 316 g/mol. The van der Waals surface area contributed by atoms with Crippen molar-refractivity contribution in [3.8, 4) is 0 Å². The molecule has 1 aromatic rings. The van der Waals surface area contributed by atoms with Gasteiger partial charge in [0.05, 0.1) is 6.10 Å². The Kier molecular flexibility index (Phi) is 4.98. The fourth-order valence-corrected chi connectivity index (χ4v) is 1.95. The van der Waals surface area contributed by atoms with E-state index in [2.05, 4.69) is 0 Å². The van der Waals surface area contributed by atoms with Gasteiger partial charge in [0.2, 0.25) is 0 Å². The number of ketones is 1. The van der Waals surface area contributed by atoms with Gasteiger partial charge in [-0.25, -0.2) is 0 Å². The van der Waals surface area contributed by atoms with Crippen LogP contribution in [-0.4, -0.2) is 17.0 Å². The topological polar surface area (TPSA) is 37.3 Å². The second-order valence-electron chi connectivity index (χ2n) is 3.18. The Balaban J connectivity index is 2.94. The number of hydrogen-bond acceptors (Lipinski definition) is 2. The van der Waals surface area contributed by atoms with Crippen LogP contribution in [0.4, 0.5) is 0 Å². The number of rotatable bonds is 4. The van der Waals surface area contributed by atoms with Gasteiger partial charge in [0.25, 0.3) is 0 Å². The molecule has 0 spiro atoms. The van der Waals surface area contributed by atoms with E-state index in [0.29, 0.717) is 17.6 Å². The maximum Gasteiger partial charge on any atom is 0.192 e. The lowest BCUT2D eigenvalue weighted by atomic mass is 9.99. The molecule has 1 atom stereocenters. The van der Waals surface area contributed by atoms with Crippen LogP contribution < -0.4 is 0 Å². The predicted molar refractivity (Wildman–Crippen MR) is 69.2 cm³/mol. The molecule has 0 bridgehead atoms. The molecule has 80 valence electrons. The van der Waals surface area contributed by atoms with Crippen molar-refractivity contribution in [2.45, 2.75) is 19.4 Å². The van der Waals surface area contributed by atoms with Gasteiger partial charge in [-0.1, -0.05) is 59.8 Å². The average molecular weight is 316 g/mol. The van der Waals surface area contributed by atoms with Gasteiger partial charge in [0.1, 0.15) is 0 Å². The molecule has 0 aliphatic rings. The minimum atomic E-state index is -0.672. The third-order valence-corrected chi connectivity index (χ3v) is 2.83. The van der Waals surface area contributed by atoms with Crippen LogP contribution in [0.2, 0.25) is 0 Å². The molecule has 0 saturated carbocycles. The Morgan fingerprint density at radius 2 is 2.07 bits per heavy atom. The van der Waals surface area contributed by atoms with Gasteiger partial charge >= 0.3 is 0 Å². The lowest BCUT2D eigenvalue weighted by Crippen LogP contribution is -2.16. The number of carbonyl (C=O) groups is 1. The van der Waals surface area contributed by atoms with E-state index in [1.54, 1.807) is 16.2 Å². The summed E-state index contributed by atoms with van der Waals surface area (Å²) in [7, 11) is 0. The molecule has 0 aliphatic heterocycles. The quantitative estimate of drug-likeness (QED) is 0.527. The first kappa shape index (κ1) is 12.4. The molecule has 1 rings (SSSR count). The fourth-order valence-electron chi connectivity index (χ4n) is 1.25. The molecule has 0 aliphatic carbocycles. The Hall–Kier alpha value is -0.680. The zero-order valence-corrected chi connectivity index (χ0v) is 10.6. The highest BCUT2D eigenvalue weighted by molar-refractivity contribution is 14.1. The van der Waals surface area contributed by atoms with E-state index in [1.165, 1.54) is 0 Å². The molecule has 0 unspecified atom stereocenters. The van der Waals surface area contributed by atoms with E-state index in [9.17, 15) is 9.90 Å². The first-order valence-electron chi connectivity index (χ1n) is 4.78. The summed E-state index contributed by atoms with van der Waals surface area (Å²) >= 11 is 1.99. The van der Waals surface area contributed by atoms with Crippen molar-refractivity contribution < 1.29 is 9.90 Å². The van der Waals surface area contributed by atoms with Crippen LogP contribution in [0, 0.1) is 0 Å². The van der Waals surface area contributed by atoms with Crippen molar-refractivity contribution in [2.75, 3.05) is 0 Å². The van der Waals surface area contributed by atoms with Crippen molar-refractivity contribution in [1.29, 1.82) is 0 Å². The van der Waals surface area contributed by atoms with Gasteiger partial charge in [-0.2, -0.15) is 0 Å². The molecule has 15 heavy (non-hydrogen) atoms. The Morgan fingerprint density at radius 3 is 2.53 bits per heavy atom. The SMILES string of the molecule is CC[C@H](O)/C(=C\I)C(=O)c1ccccc1. The smallest absolute Gasteiger partial charge is 0.192 e. The number of aliphatic hydroxyl groups is 1. The van der Waals surface area contributed by atoms with Gasteiger partial charge in [-0.05, 0) is 10.5 Å². The Labute approximate surface area is 103 Å². The highest BCUT2D eigenvalue weighted by atomic mass is 127. The van der Waals surface area contributed by atoms with Crippen LogP contribution in [0.1, 0.15) is 23.7 Å². The molecular weight excluding hydrogens is 303 g/mol. The van der Waals surface area contributed by atoms with Crippen molar-refractivity contribution in [3.63, 3.8) is 0 Å². The van der Waals surface area contributed by atoms with Gasteiger partial charge in [0.15, 0.2) is 5.78 Å². The zero-order valence-electron chi connectivity index (χ0n) is 8.48. The van der Waals surface area contributed by atoms with Crippen LogP contribution in [0.3, 0.4) is 0 Å². The predicted octanol–water partition coefficient (Wildman–Crippen LogP) is 2.96. The van der Waals surface area contributed by atoms with Crippen LogP contribution in [-0.2, 0) is 0 Å². The maximum absolute atomic E-state index is 11.9. The van der Waals surface area contributed by atoms with Crippen LogP contribution in [0.5, 0.6) is 0 Å².